The molecule has 0 spiro atoms. The monoisotopic (exact) mass is 576 g/mol. The van der Waals surface area contributed by atoms with Crippen molar-refractivity contribution in [3.05, 3.63) is 48.3 Å². The fraction of sp³-hybridized carbons (Fsp3) is 0.429. The van der Waals surface area contributed by atoms with E-state index in [-0.39, 0.29) is 0 Å². The molecule has 0 radical (unpaired) electrons. The number of anilines is 3. The summed E-state index contributed by atoms with van der Waals surface area (Å²) in [5, 5.41) is 4.11. The standard InChI is InChI=1S/C28H32N8O2S2/c1-18-11-26(33-28(30-18)36-17-20-13-21(36)16-34(20)2)32-25-14-23-24(15-29-25)39-27(31-23)19-7-6-8-22(12-19)40(37,38)35-9-4-3-5-10-35/h6-8,11-12,14-15,20-21H,3-5,9-10,13,16-17H2,1-2H3,(H,29,30,32,33)/t20-,21-/m0/s1. The van der Waals surface area contributed by atoms with Crippen molar-refractivity contribution in [2.75, 3.05) is 43.4 Å². The van der Waals surface area contributed by atoms with Gasteiger partial charge in [-0.3, -0.25) is 4.90 Å². The third kappa shape index (κ3) is 4.72. The van der Waals surface area contributed by atoms with Crippen LogP contribution in [0.2, 0.25) is 0 Å². The molecule has 2 atom stereocenters. The Balaban J connectivity index is 1.13. The summed E-state index contributed by atoms with van der Waals surface area (Å²) in [6, 6.07) is 12.0. The molecule has 0 saturated carbocycles. The van der Waals surface area contributed by atoms with Crippen LogP contribution in [0.4, 0.5) is 17.6 Å². The number of hydrogen-bond acceptors (Lipinski definition) is 10. The fourth-order valence-corrected chi connectivity index (χ4v) is 8.53. The third-order valence-electron chi connectivity index (χ3n) is 8.18. The number of benzene rings is 1. The normalized spacial score (nSPS) is 21.9. The lowest BCUT2D eigenvalue weighted by Crippen LogP contribution is -2.45. The van der Waals surface area contributed by atoms with E-state index in [0.717, 1.165) is 71.2 Å². The molecular formula is C28H32N8O2S2. The molecule has 0 unspecified atom stereocenters. The number of fused-ring (bicyclic) bond motifs is 3. The number of pyridine rings is 1. The average Bonchev–Trinajstić information content (AvgIpc) is 3.67. The van der Waals surface area contributed by atoms with E-state index in [2.05, 4.69) is 27.1 Å². The smallest absolute Gasteiger partial charge is 0.243 e. The molecule has 3 saturated heterocycles. The van der Waals surface area contributed by atoms with E-state index >= 15 is 0 Å². The first-order chi connectivity index (χ1) is 19.3. The SMILES string of the molecule is Cc1cc(Nc2cc3nc(-c4cccc(S(=O)(=O)N5CCCCC5)c4)sc3cn2)nc(N2C[C@@H]3C[C@H]2CN3C)n1. The summed E-state index contributed by atoms with van der Waals surface area (Å²) < 4.78 is 29.0. The second-order valence-electron chi connectivity index (χ2n) is 11.0. The summed E-state index contributed by atoms with van der Waals surface area (Å²) in [6.45, 7) is 5.15. The predicted octanol–water partition coefficient (Wildman–Crippen LogP) is 4.27. The van der Waals surface area contributed by atoms with Crippen molar-refractivity contribution in [2.45, 2.75) is 49.6 Å². The van der Waals surface area contributed by atoms with Gasteiger partial charge in [-0.05, 0) is 45.4 Å². The first-order valence-corrected chi connectivity index (χ1v) is 16.1. The lowest BCUT2D eigenvalue weighted by molar-refractivity contribution is 0.291. The molecule has 4 aromatic rings. The van der Waals surface area contributed by atoms with Crippen molar-refractivity contribution in [2.24, 2.45) is 0 Å². The molecule has 3 aliphatic heterocycles. The summed E-state index contributed by atoms with van der Waals surface area (Å²) >= 11 is 1.50. The van der Waals surface area contributed by atoms with E-state index in [1.54, 1.807) is 28.7 Å². The number of likely N-dealkylation sites (N-methyl/N-ethyl adjacent to an activating group) is 1. The molecule has 3 fully saturated rings. The molecule has 40 heavy (non-hydrogen) atoms. The van der Waals surface area contributed by atoms with Gasteiger partial charge in [0.25, 0.3) is 0 Å². The molecule has 1 N–H and O–H groups in total. The Hall–Kier alpha value is -3.19. The zero-order valence-electron chi connectivity index (χ0n) is 22.6. The second kappa shape index (κ2) is 10.0. The highest BCUT2D eigenvalue weighted by atomic mass is 32.2. The second-order valence-corrected chi connectivity index (χ2v) is 14.0. The molecule has 0 amide bonds. The molecule has 2 bridgehead atoms. The summed E-state index contributed by atoms with van der Waals surface area (Å²) in [4.78, 5) is 24.1. The van der Waals surface area contributed by atoms with Crippen LogP contribution in [0.15, 0.2) is 47.5 Å². The number of aryl methyl sites for hydroxylation is 1. The Kier molecular flexibility index (Phi) is 6.45. The number of hydrogen-bond donors (Lipinski definition) is 1. The van der Waals surface area contributed by atoms with Crippen LogP contribution in [0.3, 0.4) is 0 Å². The van der Waals surface area contributed by atoms with Gasteiger partial charge in [-0.1, -0.05) is 18.6 Å². The van der Waals surface area contributed by atoms with Gasteiger partial charge in [0.15, 0.2) is 0 Å². The van der Waals surface area contributed by atoms with Crippen molar-refractivity contribution < 1.29 is 8.42 Å². The number of piperazine rings is 1. The van der Waals surface area contributed by atoms with Gasteiger partial charge in [0.1, 0.15) is 16.6 Å². The van der Waals surface area contributed by atoms with E-state index in [1.165, 1.54) is 11.3 Å². The number of nitrogens with one attached hydrogen (secondary N) is 1. The number of rotatable bonds is 6. The van der Waals surface area contributed by atoms with Crippen LogP contribution < -0.4 is 10.2 Å². The van der Waals surface area contributed by atoms with Crippen LogP contribution >= 0.6 is 11.3 Å². The Morgan fingerprint density at radius 1 is 0.975 bits per heavy atom. The van der Waals surface area contributed by atoms with Crippen LogP contribution in [-0.4, -0.2) is 82.9 Å². The number of nitrogens with zero attached hydrogens (tertiary/aromatic N) is 7. The Morgan fingerprint density at radius 3 is 2.60 bits per heavy atom. The summed E-state index contributed by atoms with van der Waals surface area (Å²) in [6.07, 6.45) is 5.86. The van der Waals surface area contributed by atoms with Crippen LogP contribution in [-0.2, 0) is 10.0 Å². The lowest BCUT2D eigenvalue weighted by atomic mass is 10.2. The highest BCUT2D eigenvalue weighted by Crippen LogP contribution is 2.34. The third-order valence-corrected chi connectivity index (χ3v) is 11.1. The largest absolute Gasteiger partial charge is 0.335 e. The summed E-state index contributed by atoms with van der Waals surface area (Å²) in [7, 11) is -1.33. The highest BCUT2D eigenvalue weighted by Gasteiger charge is 2.42. The topological polar surface area (TPSA) is 107 Å². The van der Waals surface area contributed by atoms with E-state index in [1.807, 2.05) is 25.1 Å². The number of sulfonamides is 1. The minimum absolute atomic E-state index is 0.319. The van der Waals surface area contributed by atoms with Crippen LogP contribution in [0.1, 0.15) is 31.4 Å². The number of likely N-dealkylation sites (tertiary alicyclic amines) is 1. The Labute approximate surface area is 238 Å². The predicted molar refractivity (Wildman–Crippen MR) is 158 cm³/mol. The molecular weight excluding hydrogens is 544 g/mol. The van der Waals surface area contributed by atoms with E-state index in [0.29, 0.717) is 41.7 Å². The molecule has 1 aromatic carbocycles. The van der Waals surface area contributed by atoms with Gasteiger partial charge >= 0.3 is 0 Å². The number of aromatic nitrogens is 4. The zero-order chi connectivity index (χ0) is 27.4. The fourth-order valence-electron chi connectivity index (χ4n) is 6.06. The van der Waals surface area contributed by atoms with Crippen molar-refractivity contribution in [3.63, 3.8) is 0 Å². The van der Waals surface area contributed by atoms with Gasteiger partial charge in [-0.15, -0.1) is 11.3 Å². The zero-order valence-corrected chi connectivity index (χ0v) is 24.2. The van der Waals surface area contributed by atoms with Crippen molar-refractivity contribution >= 4 is 49.2 Å². The lowest BCUT2D eigenvalue weighted by Gasteiger charge is -2.32. The van der Waals surface area contributed by atoms with Gasteiger partial charge in [0, 0.05) is 67.8 Å². The van der Waals surface area contributed by atoms with E-state index in [4.69, 9.17) is 15.0 Å². The minimum atomic E-state index is -3.51. The maximum atomic E-state index is 13.2. The Morgan fingerprint density at radius 2 is 1.82 bits per heavy atom. The quantitative estimate of drug-likeness (QED) is 0.360. The van der Waals surface area contributed by atoms with Gasteiger partial charge in [0.05, 0.1) is 15.1 Å². The molecule has 6 heterocycles. The van der Waals surface area contributed by atoms with E-state index < -0.39 is 10.0 Å². The molecule has 3 aromatic heterocycles. The van der Waals surface area contributed by atoms with Crippen LogP contribution in [0.5, 0.6) is 0 Å². The van der Waals surface area contributed by atoms with Crippen molar-refractivity contribution in [1.29, 1.82) is 0 Å². The summed E-state index contributed by atoms with van der Waals surface area (Å²) in [5.41, 5.74) is 2.49. The maximum Gasteiger partial charge on any atom is 0.243 e. The molecule has 12 heteroatoms. The number of thiazole rings is 1. The van der Waals surface area contributed by atoms with Gasteiger partial charge < -0.3 is 10.2 Å². The van der Waals surface area contributed by atoms with E-state index in [9.17, 15) is 8.42 Å². The van der Waals surface area contributed by atoms with Gasteiger partial charge in [-0.25, -0.2) is 23.4 Å². The van der Waals surface area contributed by atoms with Crippen molar-refractivity contribution in [3.8, 4) is 10.6 Å². The molecule has 7 rings (SSSR count). The molecule has 0 aliphatic carbocycles. The van der Waals surface area contributed by atoms with Gasteiger partial charge in [0.2, 0.25) is 16.0 Å². The van der Waals surface area contributed by atoms with Crippen LogP contribution in [0, 0.1) is 6.92 Å². The minimum Gasteiger partial charge on any atom is -0.335 e. The summed E-state index contributed by atoms with van der Waals surface area (Å²) in [5.74, 6) is 2.12. The average molecular weight is 577 g/mol. The van der Waals surface area contributed by atoms with Crippen LogP contribution in [0.25, 0.3) is 20.8 Å². The molecule has 10 nitrogen and oxygen atoms in total. The molecule has 208 valence electrons. The van der Waals surface area contributed by atoms with Gasteiger partial charge in [-0.2, -0.15) is 9.29 Å². The van der Waals surface area contributed by atoms with Crippen molar-refractivity contribution in [1.82, 2.24) is 29.1 Å². The first kappa shape index (κ1) is 25.8. The number of piperidine rings is 1. The first-order valence-electron chi connectivity index (χ1n) is 13.8. The highest BCUT2D eigenvalue weighted by molar-refractivity contribution is 7.89. The Bertz CT molecular complexity index is 1680. The maximum absolute atomic E-state index is 13.2. The molecule has 3 aliphatic rings.